The first-order valence-electron chi connectivity index (χ1n) is 6.33. The number of aryl methyl sites for hydroxylation is 1. The fourth-order valence-electron chi connectivity index (χ4n) is 2.36. The van der Waals surface area contributed by atoms with Crippen LogP contribution >= 0.6 is 12.2 Å². The first kappa shape index (κ1) is 12.9. The van der Waals surface area contributed by atoms with Crippen molar-refractivity contribution in [1.82, 2.24) is 25.0 Å². The molecule has 8 heteroatoms. The van der Waals surface area contributed by atoms with Crippen LogP contribution in [0.2, 0.25) is 0 Å². The molecule has 0 saturated carbocycles. The predicted octanol–water partition coefficient (Wildman–Crippen LogP) is 0.339. The first-order valence-corrected chi connectivity index (χ1v) is 6.74. The summed E-state index contributed by atoms with van der Waals surface area (Å²) in [5.74, 6) is 1.64. The standard InChI is InChI=1S/C12H15N7S/c1-7-8(2)15-17-12(10(7)11(13)20)18-3-4-19-6-14-16-9(19)5-18/h6H,3-5H2,1-2H3,(H2,13,20). The van der Waals surface area contributed by atoms with Gasteiger partial charge in [-0.1, -0.05) is 12.2 Å². The lowest BCUT2D eigenvalue weighted by Gasteiger charge is -2.29. The highest BCUT2D eigenvalue weighted by Crippen LogP contribution is 2.25. The molecule has 0 bridgehead atoms. The van der Waals surface area contributed by atoms with Gasteiger partial charge in [0.1, 0.15) is 11.3 Å². The van der Waals surface area contributed by atoms with Crippen LogP contribution < -0.4 is 10.6 Å². The molecule has 2 aromatic rings. The van der Waals surface area contributed by atoms with E-state index in [0.29, 0.717) is 11.5 Å². The van der Waals surface area contributed by atoms with E-state index in [1.165, 1.54) is 0 Å². The summed E-state index contributed by atoms with van der Waals surface area (Å²) in [6.45, 7) is 6.12. The third-order valence-electron chi connectivity index (χ3n) is 3.62. The van der Waals surface area contributed by atoms with E-state index in [-0.39, 0.29) is 0 Å². The monoisotopic (exact) mass is 289 g/mol. The van der Waals surface area contributed by atoms with Crippen LogP contribution in [0, 0.1) is 13.8 Å². The van der Waals surface area contributed by atoms with E-state index in [1.807, 2.05) is 18.4 Å². The summed E-state index contributed by atoms with van der Waals surface area (Å²) >= 11 is 5.18. The van der Waals surface area contributed by atoms with Gasteiger partial charge in [-0.05, 0) is 19.4 Å². The minimum absolute atomic E-state index is 0.350. The molecule has 2 aromatic heterocycles. The van der Waals surface area contributed by atoms with Gasteiger partial charge < -0.3 is 15.2 Å². The number of aromatic nitrogens is 5. The van der Waals surface area contributed by atoms with Crippen molar-refractivity contribution in [3.8, 4) is 0 Å². The quantitative estimate of drug-likeness (QED) is 0.798. The molecule has 0 saturated heterocycles. The molecule has 0 atom stereocenters. The highest BCUT2D eigenvalue weighted by Gasteiger charge is 2.24. The smallest absolute Gasteiger partial charge is 0.162 e. The fourth-order valence-corrected chi connectivity index (χ4v) is 2.60. The van der Waals surface area contributed by atoms with Crippen LogP contribution in [-0.2, 0) is 13.1 Å². The highest BCUT2D eigenvalue weighted by molar-refractivity contribution is 7.80. The van der Waals surface area contributed by atoms with Crippen LogP contribution in [0.25, 0.3) is 0 Å². The van der Waals surface area contributed by atoms with Crippen molar-refractivity contribution >= 4 is 23.0 Å². The van der Waals surface area contributed by atoms with Crippen molar-refractivity contribution in [3.63, 3.8) is 0 Å². The minimum atomic E-state index is 0.350. The van der Waals surface area contributed by atoms with E-state index in [2.05, 4.69) is 25.3 Å². The topological polar surface area (TPSA) is 85.8 Å². The summed E-state index contributed by atoms with van der Waals surface area (Å²) in [5, 5.41) is 16.5. The number of nitrogens with two attached hydrogens (primary N) is 1. The molecular formula is C12H15N7S. The van der Waals surface area contributed by atoms with Crippen molar-refractivity contribution in [2.75, 3.05) is 11.4 Å². The Morgan fingerprint density at radius 3 is 2.80 bits per heavy atom. The second-order valence-corrected chi connectivity index (χ2v) is 5.28. The maximum absolute atomic E-state index is 5.87. The molecule has 0 spiro atoms. The molecule has 1 aliphatic heterocycles. The van der Waals surface area contributed by atoms with Crippen molar-refractivity contribution in [1.29, 1.82) is 0 Å². The summed E-state index contributed by atoms with van der Waals surface area (Å²) in [6.07, 6.45) is 1.74. The van der Waals surface area contributed by atoms with Crippen molar-refractivity contribution in [3.05, 3.63) is 29.0 Å². The van der Waals surface area contributed by atoms with Gasteiger partial charge in [-0.25, -0.2) is 0 Å². The zero-order chi connectivity index (χ0) is 14.3. The Morgan fingerprint density at radius 1 is 1.25 bits per heavy atom. The average Bonchev–Trinajstić information content (AvgIpc) is 2.88. The molecule has 0 radical (unpaired) electrons. The normalized spacial score (nSPS) is 14.2. The van der Waals surface area contributed by atoms with Gasteiger partial charge in [0.2, 0.25) is 0 Å². The SMILES string of the molecule is Cc1nnc(N2CCn3cnnc3C2)c(C(N)=S)c1C. The number of hydrogen-bond donors (Lipinski definition) is 1. The van der Waals surface area contributed by atoms with E-state index in [0.717, 1.165) is 41.6 Å². The number of nitrogens with zero attached hydrogens (tertiary/aromatic N) is 6. The van der Waals surface area contributed by atoms with Gasteiger partial charge in [0.25, 0.3) is 0 Å². The van der Waals surface area contributed by atoms with Gasteiger partial charge in [-0.2, -0.15) is 5.10 Å². The molecule has 0 aromatic carbocycles. The molecule has 2 N–H and O–H groups in total. The number of anilines is 1. The first-order chi connectivity index (χ1) is 9.58. The van der Waals surface area contributed by atoms with Crippen molar-refractivity contribution in [2.45, 2.75) is 26.9 Å². The van der Waals surface area contributed by atoms with Gasteiger partial charge >= 0.3 is 0 Å². The van der Waals surface area contributed by atoms with E-state index in [4.69, 9.17) is 18.0 Å². The van der Waals surface area contributed by atoms with E-state index >= 15 is 0 Å². The Bertz CT molecular complexity index is 678. The predicted molar refractivity (Wildman–Crippen MR) is 78.5 cm³/mol. The zero-order valence-electron chi connectivity index (χ0n) is 11.4. The van der Waals surface area contributed by atoms with Crippen LogP contribution in [0.4, 0.5) is 5.82 Å². The molecule has 0 aliphatic carbocycles. The number of rotatable bonds is 2. The molecule has 0 fully saturated rings. The van der Waals surface area contributed by atoms with Crippen LogP contribution in [0.5, 0.6) is 0 Å². The highest BCUT2D eigenvalue weighted by atomic mass is 32.1. The Hall–Kier alpha value is -2.09. The molecular weight excluding hydrogens is 274 g/mol. The second kappa shape index (κ2) is 4.78. The molecule has 0 unspecified atom stereocenters. The lowest BCUT2D eigenvalue weighted by molar-refractivity contribution is 0.553. The Labute approximate surface area is 121 Å². The van der Waals surface area contributed by atoms with Crippen LogP contribution in [0.1, 0.15) is 22.6 Å². The van der Waals surface area contributed by atoms with Gasteiger partial charge in [-0.3, -0.25) is 0 Å². The molecule has 3 heterocycles. The minimum Gasteiger partial charge on any atom is -0.389 e. The summed E-state index contributed by atoms with van der Waals surface area (Å²) in [5.41, 5.74) is 8.50. The molecule has 1 aliphatic rings. The van der Waals surface area contributed by atoms with Gasteiger partial charge in [-0.15, -0.1) is 15.3 Å². The van der Waals surface area contributed by atoms with E-state index in [1.54, 1.807) is 6.33 Å². The summed E-state index contributed by atoms with van der Waals surface area (Å²) in [4.78, 5) is 2.44. The summed E-state index contributed by atoms with van der Waals surface area (Å²) < 4.78 is 2.03. The van der Waals surface area contributed by atoms with Gasteiger partial charge in [0.15, 0.2) is 11.6 Å². The van der Waals surface area contributed by atoms with Crippen LogP contribution in [0.15, 0.2) is 6.33 Å². The maximum Gasteiger partial charge on any atom is 0.162 e. The third-order valence-corrected chi connectivity index (χ3v) is 3.82. The van der Waals surface area contributed by atoms with Crippen molar-refractivity contribution in [2.24, 2.45) is 5.73 Å². The summed E-state index contributed by atoms with van der Waals surface area (Å²) in [6, 6.07) is 0. The number of fused-ring (bicyclic) bond motifs is 1. The Morgan fingerprint density at radius 2 is 2.05 bits per heavy atom. The molecule has 20 heavy (non-hydrogen) atoms. The largest absolute Gasteiger partial charge is 0.389 e. The molecule has 0 amide bonds. The molecule has 3 rings (SSSR count). The molecule has 7 nitrogen and oxygen atoms in total. The maximum atomic E-state index is 5.87. The van der Waals surface area contributed by atoms with Gasteiger partial charge in [0, 0.05) is 13.1 Å². The second-order valence-electron chi connectivity index (χ2n) is 4.84. The zero-order valence-corrected chi connectivity index (χ0v) is 12.2. The lowest BCUT2D eigenvalue weighted by Crippen LogP contribution is -2.36. The summed E-state index contributed by atoms with van der Waals surface area (Å²) in [7, 11) is 0. The third kappa shape index (κ3) is 2.01. The average molecular weight is 289 g/mol. The van der Waals surface area contributed by atoms with Crippen LogP contribution in [0.3, 0.4) is 0 Å². The number of hydrogen-bond acceptors (Lipinski definition) is 6. The lowest BCUT2D eigenvalue weighted by atomic mass is 10.1. The van der Waals surface area contributed by atoms with E-state index in [9.17, 15) is 0 Å². The van der Waals surface area contributed by atoms with Gasteiger partial charge in [0.05, 0.1) is 17.8 Å². The number of thiocarbonyl (C=S) groups is 1. The Balaban J connectivity index is 2.03. The molecule has 104 valence electrons. The Kier molecular flexibility index (Phi) is 3.09. The van der Waals surface area contributed by atoms with Crippen LogP contribution in [-0.4, -0.2) is 36.5 Å². The van der Waals surface area contributed by atoms with Crippen molar-refractivity contribution < 1.29 is 0 Å². The fraction of sp³-hybridized carbons (Fsp3) is 0.417. The van der Waals surface area contributed by atoms with E-state index < -0.39 is 0 Å².